The number of ether oxygens (including phenoxy) is 1. The number of amides is 1. The summed E-state index contributed by atoms with van der Waals surface area (Å²) in [6.07, 6.45) is 0. The molecule has 0 saturated carbocycles. The number of carbonyl (C=O) groups is 1. The molecule has 0 aromatic heterocycles. The summed E-state index contributed by atoms with van der Waals surface area (Å²) in [5, 5.41) is 9.34. The van der Waals surface area contributed by atoms with E-state index in [9.17, 15) is 4.79 Å². The van der Waals surface area contributed by atoms with E-state index < -0.39 is 18.6 Å². The van der Waals surface area contributed by atoms with Gasteiger partial charge in [-0.25, -0.2) is 0 Å². The number of halogens is 1. The summed E-state index contributed by atoms with van der Waals surface area (Å²) in [5.41, 5.74) is 5.98. The van der Waals surface area contributed by atoms with Gasteiger partial charge in [0.05, 0.1) is 19.4 Å². The first-order valence-electron chi connectivity index (χ1n) is 4.98. The van der Waals surface area contributed by atoms with Crippen LogP contribution in [0.5, 0.6) is 5.75 Å². The molecular weight excluding hydrogens is 244 g/mol. The van der Waals surface area contributed by atoms with Gasteiger partial charge < -0.3 is 20.5 Å². The van der Waals surface area contributed by atoms with Gasteiger partial charge in [0.1, 0.15) is 11.8 Å². The van der Waals surface area contributed by atoms with Gasteiger partial charge in [0.2, 0.25) is 5.91 Å². The second-order valence-electron chi connectivity index (χ2n) is 3.50. The van der Waals surface area contributed by atoms with Crippen LogP contribution in [0.2, 0.25) is 5.02 Å². The Labute approximate surface area is 105 Å². The van der Waals surface area contributed by atoms with Crippen molar-refractivity contribution in [2.75, 3.05) is 25.7 Å². The van der Waals surface area contributed by atoms with Crippen LogP contribution in [0.15, 0.2) is 18.2 Å². The summed E-state index contributed by atoms with van der Waals surface area (Å²) in [6, 6.07) is 3.96. The van der Waals surface area contributed by atoms with Gasteiger partial charge in [0.25, 0.3) is 0 Å². The van der Waals surface area contributed by atoms with Gasteiger partial charge in [-0.3, -0.25) is 4.79 Å². The highest BCUT2D eigenvalue weighted by Crippen LogP contribution is 2.30. The number of rotatable bonds is 4. The average Bonchev–Trinajstić information content (AvgIpc) is 2.35. The van der Waals surface area contributed by atoms with E-state index >= 15 is 0 Å². The summed E-state index contributed by atoms with van der Waals surface area (Å²) in [7, 11) is 3.04. The number of nitrogens with zero attached hydrogens (tertiary/aromatic N) is 1. The van der Waals surface area contributed by atoms with Crippen molar-refractivity contribution >= 4 is 23.2 Å². The number of likely N-dealkylation sites (N-methyl/N-ethyl adjacent to an activating group) is 1. The zero-order chi connectivity index (χ0) is 13.0. The Hall–Kier alpha value is -1.30. The van der Waals surface area contributed by atoms with Crippen LogP contribution < -0.4 is 15.4 Å². The van der Waals surface area contributed by atoms with E-state index in [4.69, 9.17) is 27.2 Å². The molecule has 0 fully saturated rings. The second kappa shape index (κ2) is 5.86. The molecule has 1 atom stereocenters. The molecule has 1 aromatic rings. The molecule has 0 aliphatic rings. The lowest BCUT2D eigenvalue weighted by Gasteiger charge is -2.22. The minimum atomic E-state index is -0.955. The first-order valence-corrected chi connectivity index (χ1v) is 5.36. The molecule has 0 spiro atoms. The molecular formula is C11H15ClN2O3. The van der Waals surface area contributed by atoms with Crippen LogP contribution in [-0.2, 0) is 4.79 Å². The Kier molecular flexibility index (Phi) is 4.74. The largest absolute Gasteiger partial charge is 0.495 e. The van der Waals surface area contributed by atoms with Crippen molar-refractivity contribution in [3.8, 4) is 5.75 Å². The third kappa shape index (κ3) is 3.09. The molecule has 0 aliphatic carbocycles. The second-order valence-corrected chi connectivity index (χ2v) is 3.94. The number of hydrogen-bond acceptors (Lipinski definition) is 4. The standard InChI is InChI=1S/C11H15ClN2O3/c1-14(11(16)8(13)6-15)9-5-7(12)3-4-10(9)17-2/h3-5,8,15H,6,13H2,1-2H3. The van der Waals surface area contributed by atoms with Crippen LogP contribution in [-0.4, -0.2) is 37.8 Å². The summed E-state index contributed by atoms with van der Waals surface area (Å²) in [6.45, 7) is -0.411. The summed E-state index contributed by atoms with van der Waals surface area (Å²) in [5.74, 6) is 0.100. The van der Waals surface area contributed by atoms with Gasteiger partial charge in [0, 0.05) is 12.1 Å². The Bertz CT molecular complexity index is 412. The Balaban J connectivity index is 3.06. The molecule has 0 bridgehead atoms. The zero-order valence-corrected chi connectivity index (χ0v) is 10.4. The van der Waals surface area contributed by atoms with E-state index in [1.807, 2.05) is 0 Å². The van der Waals surface area contributed by atoms with E-state index in [0.717, 1.165) is 0 Å². The Morgan fingerprint density at radius 2 is 2.29 bits per heavy atom. The van der Waals surface area contributed by atoms with Gasteiger partial charge in [-0.15, -0.1) is 0 Å². The summed E-state index contributed by atoms with van der Waals surface area (Å²) >= 11 is 5.86. The van der Waals surface area contributed by atoms with E-state index in [2.05, 4.69) is 0 Å². The maximum atomic E-state index is 11.8. The van der Waals surface area contributed by atoms with Crippen molar-refractivity contribution in [2.24, 2.45) is 5.73 Å². The lowest BCUT2D eigenvalue weighted by molar-refractivity contribution is -0.120. The Morgan fingerprint density at radius 3 is 2.82 bits per heavy atom. The molecule has 0 heterocycles. The fourth-order valence-corrected chi connectivity index (χ4v) is 1.54. The van der Waals surface area contributed by atoms with Crippen molar-refractivity contribution in [3.05, 3.63) is 23.2 Å². The fourth-order valence-electron chi connectivity index (χ4n) is 1.37. The van der Waals surface area contributed by atoms with E-state index in [-0.39, 0.29) is 0 Å². The molecule has 0 radical (unpaired) electrons. The fraction of sp³-hybridized carbons (Fsp3) is 0.364. The summed E-state index contributed by atoms with van der Waals surface area (Å²) < 4.78 is 5.13. The van der Waals surface area contributed by atoms with E-state index in [1.165, 1.54) is 12.0 Å². The highest BCUT2D eigenvalue weighted by atomic mass is 35.5. The van der Waals surface area contributed by atoms with E-state index in [1.54, 1.807) is 25.2 Å². The van der Waals surface area contributed by atoms with Gasteiger partial charge in [-0.05, 0) is 18.2 Å². The van der Waals surface area contributed by atoms with Gasteiger partial charge in [-0.2, -0.15) is 0 Å². The number of benzene rings is 1. The van der Waals surface area contributed by atoms with Crippen molar-refractivity contribution in [2.45, 2.75) is 6.04 Å². The molecule has 0 saturated heterocycles. The van der Waals surface area contributed by atoms with Crippen LogP contribution in [0.1, 0.15) is 0 Å². The topological polar surface area (TPSA) is 75.8 Å². The lowest BCUT2D eigenvalue weighted by atomic mass is 10.2. The normalized spacial score (nSPS) is 12.1. The third-order valence-electron chi connectivity index (χ3n) is 2.35. The SMILES string of the molecule is COc1ccc(Cl)cc1N(C)C(=O)C(N)CO. The smallest absolute Gasteiger partial charge is 0.246 e. The zero-order valence-electron chi connectivity index (χ0n) is 9.68. The van der Waals surface area contributed by atoms with Crippen LogP contribution in [0.25, 0.3) is 0 Å². The molecule has 1 unspecified atom stereocenters. The van der Waals surface area contributed by atoms with Crippen LogP contribution in [0.3, 0.4) is 0 Å². The average molecular weight is 259 g/mol. The lowest BCUT2D eigenvalue weighted by Crippen LogP contribution is -2.44. The number of nitrogens with two attached hydrogens (primary N) is 1. The number of aliphatic hydroxyl groups excluding tert-OH is 1. The molecule has 6 heteroatoms. The third-order valence-corrected chi connectivity index (χ3v) is 2.58. The maximum Gasteiger partial charge on any atom is 0.246 e. The predicted molar refractivity (Wildman–Crippen MR) is 66.5 cm³/mol. The Morgan fingerprint density at radius 1 is 1.65 bits per heavy atom. The predicted octanol–water partition coefficient (Wildman–Crippen LogP) is 0.631. The van der Waals surface area contributed by atoms with Crippen LogP contribution in [0, 0.1) is 0 Å². The van der Waals surface area contributed by atoms with Crippen molar-refractivity contribution in [1.82, 2.24) is 0 Å². The van der Waals surface area contributed by atoms with Crippen molar-refractivity contribution in [3.63, 3.8) is 0 Å². The first kappa shape index (κ1) is 13.8. The molecule has 94 valence electrons. The molecule has 1 aromatic carbocycles. The highest BCUT2D eigenvalue weighted by molar-refractivity contribution is 6.31. The highest BCUT2D eigenvalue weighted by Gasteiger charge is 2.21. The molecule has 1 rings (SSSR count). The number of aliphatic hydroxyl groups is 1. The molecule has 17 heavy (non-hydrogen) atoms. The number of methoxy groups -OCH3 is 1. The van der Waals surface area contributed by atoms with Crippen LogP contribution >= 0.6 is 11.6 Å². The molecule has 1 amide bonds. The first-order chi connectivity index (χ1) is 8.01. The molecule has 5 nitrogen and oxygen atoms in total. The number of carbonyl (C=O) groups excluding carboxylic acids is 1. The monoisotopic (exact) mass is 258 g/mol. The number of anilines is 1. The van der Waals surface area contributed by atoms with Gasteiger partial charge in [-0.1, -0.05) is 11.6 Å². The minimum absolute atomic E-state index is 0.409. The van der Waals surface area contributed by atoms with Crippen molar-refractivity contribution in [1.29, 1.82) is 0 Å². The molecule has 0 aliphatic heterocycles. The maximum absolute atomic E-state index is 11.8. The van der Waals surface area contributed by atoms with Crippen molar-refractivity contribution < 1.29 is 14.6 Å². The quantitative estimate of drug-likeness (QED) is 0.831. The van der Waals surface area contributed by atoms with Gasteiger partial charge in [0.15, 0.2) is 0 Å². The minimum Gasteiger partial charge on any atom is -0.495 e. The van der Waals surface area contributed by atoms with Gasteiger partial charge >= 0.3 is 0 Å². The van der Waals surface area contributed by atoms with Crippen LogP contribution in [0.4, 0.5) is 5.69 Å². The molecule has 3 N–H and O–H groups in total. The van der Waals surface area contributed by atoms with E-state index in [0.29, 0.717) is 16.5 Å². The number of hydrogen-bond donors (Lipinski definition) is 2. The summed E-state index contributed by atoms with van der Waals surface area (Å²) in [4.78, 5) is 13.1.